The summed E-state index contributed by atoms with van der Waals surface area (Å²) in [6.07, 6.45) is 2.34. The van der Waals surface area contributed by atoms with E-state index in [1.165, 1.54) is 17.5 Å². The first kappa shape index (κ1) is 12.4. The van der Waals surface area contributed by atoms with Crippen LogP contribution in [0.1, 0.15) is 24.0 Å². The summed E-state index contributed by atoms with van der Waals surface area (Å²) in [4.78, 5) is 2.42. The van der Waals surface area contributed by atoms with Gasteiger partial charge >= 0.3 is 0 Å². The number of rotatable bonds is 3. The molecule has 1 atom stereocenters. The van der Waals surface area contributed by atoms with Crippen LogP contribution in [0.2, 0.25) is 0 Å². The summed E-state index contributed by atoms with van der Waals surface area (Å²) in [6, 6.07) is 6.12. The van der Waals surface area contributed by atoms with Gasteiger partial charge in [0.25, 0.3) is 0 Å². The van der Waals surface area contributed by atoms with E-state index in [2.05, 4.69) is 17.9 Å². The Morgan fingerprint density at radius 2 is 2.29 bits per heavy atom. The average molecular weight is 234 g/mol. The van der Waals surface area contributed by atoms with Gasteiger partial charge < -0.3 is 10.8 Å². The van der Waals surface area contributed by atoms with Crippen LogP contribution in [0, 0.1) is 12.8 Å². The Bertz CT molecular complexity index is 378. The number of hydrogen-bond acceptors (Lipinski definition) is 3. The molecule has 1 saturated heterocycles. The van der Waals surface area contributed by atoms with E-state index >= 15 is 0 Å². The SMILES string of the molecule is Cc1c(N)cccc1CN1CCCC(CO)C1. The van der Waals surface area contributed by atoms with Crippen molar-refractivity contribution < 1.29 is 5.11 Å². The second-order valence-corrected chi connectivity index (χ2v) is 5.06. The molecule has 1 aromatic carbocycles. The zero-order valence-corrected chi connectivity index (χ0v) is 10.5. The predicted molar refractivity (Wildman–Crippen MR) is 70.7 cm³/mol. The molecule has 3 nitrogen and oxygen atoms in total. The quantitative estimate of drug-likeness (QED) is 0.784. The highest BCUT2D eigenvalue weighted by Crippen LogP contribution is 2.21. The number of hydrogen-bond donors (Lipinski definition) is 2. The Hall–Kier alpha value is -1.06. The molecule has 1 aliphatic rings. The molecule has 1 aromatic rings. The Kier molecular flexibility index (Phi) is 4.02. The van der Waals surface area contributed by atoms with E-state index in [1.807, 2.05) is 12.1 Å². The lowest BCUT2D eigenvalue weighted by molar-refractivity contribution is 0.116. The largest absolute Gasteiger partial charge is 0.399 e. The number of piperidine rings is 1. The van der Waals surface area contributed by atoms with E-state index in [9.17, 15) is 5.11 Å². The van der Waals surface area contributed by atoms with Crippen molar-refractivity contribution in [3.8, 4) is 0 Å². The molecule has 0 saturated carbocycles. The number of nitrogen functional groups attached to an aromatic ring is 1. The van der Waals surface area contributed by atoms with E-state index in [0.29, 0.717) is 12.5 Å². The lowest BCUT2D eigenvalue weighted by Gasteiger charge is -2.32. The molecule has 1 aliphatic heterocycles. The van der Waals surface area contributed by atoms with Crippen molar-refractivity contribution in [1.29, 1.82) is 0 Å². The Balaban J connectivity index is 2.02. The molecule has 3 heteroatoms. The van der Waals surface area contributed by atoms with Crippen LogP contribution in [0.25, 0.3) is 0 Å². The number of likely N-dealkylation sites (tertiary alicyclic amines) is 1. The number of anilines is 1. The van der Waals surface area contributed by atoms with E-state index in [0.717, 1.165) is 31.7 Å². The number of benzene rings is 1. The van der Waals surface area contributed by atoms with Crippen LogP contribution in [0.15, 0.2) is 18.2 Å². The molecule has 0 amide bonds. The zero-order chi connectivity index (χ0) is 12.3. The highest BCUT2D eigenvalue weighted by Gasteiger charge is 2.19. The van der Waals surface area contributed by atoms with Gasteiger partial charge in [0.05, 0.1) is 0 Å². The first-order chi connectivity index (χ1) is 8.20. The van der Waals surface area contributed by atoms with Crippen molar-refractivity contribution in [2.45, 2.75) is 26.3 Å². The molecule has 94 valence electrons. The Morgan fingerprint density at radius 3 is 3.06 bits per heavy atom. The van der Waals surface area contributed by atoms with Crippen LogP contribution >= 0.6 is 0 Å². The second-order valence-electron chi connectivity index (χ2n) is 5.06. The van der Waals surface area contributed by atoms with Gasteiger partial charge in [0.15, 0.2) is 0 Å². The summed E-state index contributed by atoms with van der Waals surface area (Å²) < 4.78 is 0. The molecule has 1 unspecified atom stereocenters. The molecule has 3 N–H and O–H groups in total. The fourth-order valence-electron chi connectivity index (χ4n) is 2.56. The van der Waals surface area contributed by atoms with Crippen LogP contribution in [0.4, 0.5) is 5.69 Å². The van der Waals surface area contributed by atoms with Crippen molar-refractivity contribution in [1.82, 2.24) is 4.90 Å². The molecular formula is C14H22N2O. The minimum Gasteiger partial charge on any atom is -0.399 e. The summed E-state index contributed by atoms with van der Waals surface area (Å²) in [5.74, 6) is 0.449. The van der Waals surface area contributed by atoms with Crippen molar-refractivity contribution in [2.24, 2.45) is 5.92 Å². The van der Waals surface area contributed by atoms with Crippen LogP contribution in [0.3, 0.4) is 0 Å². The molecule has 0 radical (unpaired) electrons. The van der Waals surface area contributed by atoms with Crippen LogP contribution in [-0.2, 0) is 6.54 Å². The minimum absolute atomic E-state index is 0.312. The molecule has 2 rings (SSSR count). The molecule has 0 aliphatic carbocycles. The summed E-state index contributed by atoms with van der Waals surface area (Å²) in [7, 11) is 0. The van der Waals surface area contributed by atoms with Gasteiger partial charge in [-0.05, 0) is 49.4 Å². The topological polar surface area (TPSA) is 49.5 Å². The maximum atomic E-state index is 9.23. The molecular weight excluding hydrogens is 212 g/mol. The van der Waals surface area contributed by atoms with Gasteiger partial charge in [0, 0.05) is 25.4 Å². The average Bonchev–Trinajstić information content (AvgIpc) is 2.35. The third-order valence-corrected chi connectivity index (χ3v) is 3.74. The Labute approximate surface area is 103 Å². The molecule has 0 spiro atoms. The van der Waals surface area contributed by atoms with Crippen molar-refractivity contribution in [3.63, 3.8) is 0 Å². The molecule has 1 heterocycles. The molecule has 17 heavy (non-hydrogen) atoms. The van der Waals surface area contributed by atoms with Gasteiger partial charge in [0.2, 0.25) is 0 Å². The third-order valence-electron chi connectivity index (χ3n) is 3.74. The van der Waals surface area contributed by atoms with Crippen molar-refractivity contribution >= 4 is 5.69 Å². The standard InChI is InChI=1S/C14H22N2O/c1-11-13(5-2-6-14(11)15)9-16-7-3-4-12(8-16)10-17/h2,5-6,12,17H,3-4,7-10,15H2,1H3. The van der Waals surface area contributed by atoms with Crippen molar-refractivity contribution in [3.05, 3.63) is 29.3 Å². The predicted octanol–water partition coefficient (Wildman–Crippen LogP) is 1.78. The number of aliphatic hydroxyl groups is 1. The van der Waals surface area contributed by atoms with Crippen molar-refractivity contribution in [2.75, 3.05) is 25.4 Å². The fraction of sp³-hybridized carbons (Fsp3) is 0.571. The summed E-state index contributed by atoms with van der Waals surface area (Å²) in [5, 5.41) is 9.23. The van der Waals surface area contributed by atoms with Gasteiger partial charge in [-0.25, -0.2) is 0 Å². The van der Waals surface area contributed by atoms with Gasteiger partial charge in [0.1, 0.15) is 0 Å². The van der Waals surface area contributed by atoms with Crippen LogP contribution < -0.4 is 5.73 Å². The lowest BCUT2D eigenvalue weighted by Crippen LogP contribution is -2.36. The third kappa shape index (κ3) is 2.99. The van der Waals surface area contributed by atoms with E-state index in [4.69, 9.17) is 5.73 Å². The molecule has 1 fully saturated rings. The summed E-state index contributed by atoms with van der Waals surface area (Å²) >= 11 is 0. The minimum atomic E-state index is 0.312. The summed E-state index contributed by atoms with van der Waals surface area (Å²) in [5.41, 5.74) is 9.30. The van der Waals surface area contributed by atoms with Gasteiger partial charge in [-0.15, -0.1) is 0 Å². The lowest BCUT2D eigenvalue weighted by atomic mass is 9.98. The first-order valence-corrected chi connectivity index (χ1v) is 6.38. The highest BCUT2D eigenvalue weighted by atomic mass is 16.3. The van der Waals surface area contributed by atoms with E-state index in [1.54, 1.807) is 0 Å². The number of aliphatic hydroxyl groups excluding tert-OH is 1. The van der Waals surface area contributed by atoms with E-state index < -0.39 is 0 Å². The second kappa shape index (κ2) is 5.52. The first-order valence-electron chi connectivity index (χ1n) is 6.38. The maximum Gasteiger partial charge on any atom is 0.0471 e. The van der Waals surface area contributed by atoms with Gasteiger partial charge in [-0.1, -0.05) is 12.1 Å². The molecule has 0 bridgehead atoms. The number of nitrogens with zero attached hydrogens (tertiary/aromatic N) is 1. The highest BCUT2D eigenvalue weighted by molar-refractivity contribution is 5.49. The molecule has 0 aromatic heterocycles. The zero-order valence-electron chi connectivity index (χ0n) is 10.5. The van der Waals surface area contributed by atoms with Crippen LogP contribution in [0.5, 0.6) is 0 Å². The summed E-state index contributed by atoms with van der Waals surface area (Å²) in [6.45, 7) is 5.48. The monoisotopic (exact) mass is 234 g/mol. The number of nitrogens with two attached hydrogens (primary N) is 1. The maximum absolute atomic E-state index is 9.23. The van der Waals surface area contributed by atoms with Crippen LogP contribution in [-0.4, -0.2) is 29.7 Å². The Morgan fingerprint density at radius 1 is 1.47 bits per heavy atom. The fourth-order valence-corrected chi connectivity index (χ4v) is 2.56. The smallest absolute Gasteiger partial charge is 0.0471 e. The van der Waals surface area contributed by atoms with Gasteiger partial charge in [-0.2, -0.15) is 0 Å². The van der Waals surface area contributed by atoms with Gasteiger partial charge in [-0.3, -0.25) is 4.90 Å². The normalized spacial score (nSPS) is 21.6. The van der Waals surface area contributed by atoms with E-state index in [-0.39, 0.29) is 0 Å².